The molecule has 0 aliphatic carbocycles. The summed E-state index contributed by atoms with van der Waals surface area (Å²) in [4.78, 5) is 8.76. The van der Waals surface area contributed by atoms with E-state index >= 15 is 0 Å². The van der Waals surface area contributed by atoms with Crippen LogP contribution in [0.5, 0.6) is 0 Å². The van der Waals surface area contributed by atoms with Crippen molar-refractivity contribution in [3.8, 4) is 0 Å². The van der Waals surface area contributed by atoms with Gasteiger partial charge in [-0.15, -0.1) is 0 Å². The molecule has 26 heavy (non-hydrogen) atoms. The maximum Gasteiger partial charge on any atom is 0.191 e. The minimum Gasteiger partial charge on any atom is -0.356 e. The molecule has 1 unspecified atom stereocenters. The summed E-state index contributed by atoms with van der Waals surface area (Å²) in [6, 6.07) is 18.9. The molecule has 2 aromatic carbocycles. The van der Waals surface area contributed by atoms with E-state index in [-0.39, 0.29) is 0 Å². The number of hydrogen-bond donors (Lipinski definition) is 2. The summed E-state index contributed by atoms with van der Waals surface area (Å²) in [5.74, 6) is 1.22. The lowest BCUT2D eigenvalue weighted by atomic mass is 9.99. The largest absolute Gasteiger partial charge is 0.356 e. The molecule has 1 heterocycles. The van der Waals surface area contributed by atoms with Crippen molar-refractivity contribution in [2.24, 2.45) is 4.99 Å². The van der Waals surface area contributed by atoms with Crippen LogP contribution in [0.2, 0.25) is 0 Å². The van der Waals surface area contributed by atoms with Crippen molar-refractivity contribution in [3.05, 3.63) is 77.5 Å². The van der Waals surface area contributed by atoms with E-state index in [1.165, 1.54) is 22.1 Å². The molecule has 1 aromatic heterocycles. The van der Waals surface area contributed by atoms with Crippen LogP contribution < -0.4 is 10.6 Å². The number of guanidine groups is 1. The van der Waals surface area contributed by atoms with Gasteiger partial charge in [-0.25, -0.2) is 0 Å². The Morgan fingerprint density at radius 2 is 1.92 bits per heavy atom. The summed E-state index contributed by atoms with van der Waals surface area (Å²) >= 11 is 0. The van der Waals surface area contributed by atoms with Gasteiger partial charge in [0, 0.05) is 31.7 Å². The zero-order valence-electron chi connectivity index (χ0n) is 15.7. The van der Waals surface area contributed by atoms with Gasteiger partial charge < -0.3 is 10.6 Å². The van der Waals surface area contributed by atoms with Gasteiger partial charge in [-0.3, -0.25) is 9.98 Å². The van der Waals surface area contributed by atoms with Gasteiger partial charge >= 0.3 is 0 Å². The highest BCUT2D eigenvalue weighted by Gasteiger charge is 2.08. The first-order chi connectivity index (χ1) is 12.7. The summed E-state index contributed by atoms with van der Waals surface area (Å²) in [6.45, 7) is 5.90. The van der Waals surface area contributed by atoms with Crippen LogP contribution >= 0.6 is 0 Å². The minimum absolute atomic E-state index is 0.412. The molecule has 0 bridgehead atoms. The van der Waals surface area contributed by atoms with Crippen molar-refractivity contribution in [1.82, 2.24) is 15.6 Å². The normalized spacial score (nSPS) is 12.8. The molecule has 4 nitrogen and oxygen atoms in total. The first kappa shape index (κ1) is 17.9. The molecule has 0 aliphatic heterocycles. The molecule has 0 aliphatic rings. The predicted octanol–water partition coefficient (Wildman–Crippen LogP) is 4.01. The Morgan fingerprint density at radius 1 is 1.08 bits per heavy atom. The van der Waals surface area contributed by atoms with Gasteiger partial charge in [-0.05, 0) is 36.1 Å². The summed E-state index contributed by atoms with van der Waals surface area (Å²) < 4.78 is 0. The first-order valence-electron chi connectivity index (χ1n) is 9.01. The number of rotatable bonds is 5. The fraction of sp³-hybridized carbons (Fsp3) is 0.273. The van der Waals surface area contributed by atoms with E-state index in [0.29, 0.717) is 12.5 Å². The highest BCUT2D eigenvalue weighted by Crippen LogP contribution is 2.16. The van der Waals surface area contributed by atoms with Crippen molar-refractivity contribution in [3.63, 3.8) is 0 Å². The third-order valence-corrected chi connectivity index (χ3v) is 4.60. The number of pyridine rings is 1. The Morgan fingerprint density at radius 3 is 2.73 bits per heavy atom. The van der Waals surface area contributed by atoms with E-state index in [2.05, 4.69) is 70.9 Å². The van der Waals surface area contributed by atoms with Crippen molar-refractivity contribution in [1.29, 1.82) is 0 Å². The molecule has 0 fully saturated rings. The minimum atomic E-state index is 0.412. The van der Waals surface area contributed by atoms with Crippen LogP contribution in [0.15, 0.2) is 65.8 Å². The van der Waals surface area contributed by atoms with E-state index in [4.69, 9.17) is 0 Å². The van der Waals surface area contributed by atoms with E-state index < -0.39 is 0 Å². The fourth-order valence-corrected chi connectivity index (χ4v) is 3.05. The van der Waals surface area contributed by atoms with Crippen LogP contribution in [0, 0.1) is 6.92 Å². The summed E-state index contributed by atoms with van der Waals surface area (Å²) in [5.41, 5.74) is 4.86. The number of nitrogens with one attached hydrogen (secondary N) is 2. The summed E-state index contributed by atoms with van der Waals surface area (Å²) in [5, 5.41) is 8.01. The lowest BCUT2D eigenvalue weighted by Crippen LogP contribution is -2.38. The van der Waals surface area contributed by atoms with Gasteiger partial charge in [0.2, 0.25) is 0 Å². The van der Waals surface area contributed by atoms with Gasteiger partial charge in [-0.1, -0.05) is 55.0 Å². The third-order valence-electron chi connectivity index (χ3n) is 4.60. The van der Waals surface area contributed by atoms with Crippen molar-refractivity contribution in [2.75, 3.05) is 13.6 Å². The zero-order chi connectivity index (χ0) is 18.4. The van der Waals surface area contributed by atoms with Gasteiger partial charge in [0.15, 0.2) is 5.96 Å². The van der Waals surface area contributed by atoms with Crippen molar-refractivity contribution >= 4 is 16.9 Å². The smallest absolute Gasteiger partial charge is 0.191 e. The second kappa shape index (κ2) is 8.48. The molecule has 4 heteroatoms. The molecule has 0 saturated heterocycles. The van der Waals surface area contributed by atoms with Gasteiger partial charge in [0.05, 0.1) is 5.52 Å². The van der Waals surface area contributed by atoms with Crippen LogP contribution in [0.3, 0.4) is 0 Å². The monoisotopic (exact) mass is 346 g/mol. The van der Waals surface area contributed by atoms with E-state index in [9.17, 15) is 0 Å². The van der Waals surface area contributed by atoms with Gasteiger partial charge in [-0.2, -0.15) is 0 Å². The zero-order valence-corrected chi connectivity index (χ0v) is 15.7. The van der Waals surface area contributed by atoms with Gasteiger partial charge in [0.1, 0.15) is 0 Å². The topological polar surface area (TPSA) is 49.3 Å². The average Bonchev–Trinajstić information content (AvgIpc) is 2.68. The molecular weight excluding hydrogens is 320 g/mol. The number of hydrogen-bond acceptors (Lipinski definition) is 2. The second-order valence-electron chi connectivity index (χ2n) is 6.61. The standard InChI is InChI=1S/C22H26N4/c1-16-7-6-8-18(13-16)17(2)14-25-22(23-3)26-15-19-11-12-24-21-10-5-4-9-20(19)21/h4-13,17H,14-15H2,1-3H3,(H2,23,25,26). The molecule has 2 N–H and O–H groups in total. The lowest BCUT2D eigenvalue weighted by molar-refractivity contribution is 0.699. The molecule has 134 valence electrons. The number of aliphatic imine (C=N–C) groups is 1. The maximum absolute atomic E-state index is 4.42. The molecule has 1 atom stereocenters. The van der Waals surface area contributed by atoms with E-state index in [1.54, 1.807) is 7.05 Å². The number of para-hydroxylation sites is 1. The van der Waals surface area contributed by atoms with Gasteiger partial charge in [0.25, 0.3) is 0 Å². The molecular formula is C22H26N4. The number of aromatic nitrogens is 1. The Labute approximate surface area is 155 Å². The van der Waals surface area contributed by atoms with E-state index in [0.717, 1.165) is 18.0 Å². The number of aryl methyl sites for hydroxylation is 1. The SMILES string of the molecule is CN=C(NCc1ccnc2ccccc12)NCC(C)c1cccc(C)c1. The third kappa shape index (κ3) is 4.39. The average molecular weight is 346 g/mol. The Bertz CT molecular complexity index is 896. The van der Waals surface area contributed by atoms with Crippen LogP contribution in [-0.2, 0) is 6.54 Å². The molecule has 0 spiro atoms. The highest BCUT2D eigenvalue weighted by molar-refractivity contribution is 5.83. The second-order valence-corrected chi connectivity index (χ2v) is 6.61. The molecule has 3 aromatic rings. The molecule has 0 radical (unpaired) electrons. The maximum atomic E-state index is 4.42. The first-order valence-corrected chi connectivity index (χ1v) is 9.01. The highest BCUT2D eigenvalue weighted by atomic mass is 15.2. The van der Waals surface area contributed by atoms with Crippen LogP contribution in [0.1, 0.15) is 29.5 Å². The number of benzene rings is 2. The van der Waals surface area contributed by atoms with Crippen LogP contribution in [0.4, 0.5) is 0 Å². The summed E-state index contributed by atoms with van der Waals surface area (Å²) in [7, 11) is 1.80. The lowest BCUT2D eigenvalue weighted by Gasteiger charge is -2.17. The number of fused-ring (bicyclic) bond motifs is 1. The Balaban J connectivity index is 1.60. The Hall–Kier alpha value is -2.88. The predicted molar refractivity (Wildman–Crippen MR) is 110 cm³/mol. The fourth-order valence-electron chi connectivity index (χ4n) is 3.05. The number of nitrogens with zero attached hydrogens (tertiary/aromatic N) is 2. The van der Waals surface area contributed by atoms with E-state index in [1.807, 2.05) is 24.4 Å². The van der Waals surface area contributed by atoms with Crippen molar-refractivity contribution < 1.29 is 0 Å². The van der Waals surface area contributed by atoms with Crippen LogP contribution in [0.25, 0.3) is 10.9 Å². The molecule has 3 rings (SSSR count). The Kier molecular flexibility index (Phi) is 5.84. The molecule has 0 saturated carbocycles. The van der Waals surface area contributed by atoms with Crippen molar-refractivity contribution in [2.45, 2.75) is 26.3 Å². The van der Waals surface area contributed by atoms with Crippen LogP contribution in [-0.4, -0.2) is 24.5 Å². The molecule has 0 amide bonds. The summed E-state index contributed by atoms with van der Waals surface area (Å²) in [6.07, 6.45) is 1.86. The quantitative estimate of drug-likeness (QED) is 0.542.